The lowest BCUT2D eigenvalue weighted by atomic mass is 10.1. The Hall–Kier alpha value is -2.43. The summed E-state index contributed by atoms with van der Waals surface area (Å²) in [5, 5.41) is 17.4. The molecule has 6 nitrogen and oxygen atoms in total. The minimum absolute atomic E-state index is 0.191. The average Bonchev–Trinajstić information content (AvgIpc) is 3.20. The number of nitrogens with zero attached hydrogens (tertiary/aromatic N) is 4. The summed E-state index contributed by atoms with van der Waals surface area (Å²) in [7, 11) is 0. The molecule has 0 aliphatic heterocycles. The highest BCUT2D eigenvalue weighted by atomic mass is 35.5. The van der Waals surface area contributed by atoms with Crippen LogP contribution in [-0.2, 0) is 6.42 Å². The molecule has 1 atom stereocenters. The molecule has 2 heterocycles. The van der Waals surface area contributed by atoms with Gasteiger partial charge in [0, 0.05) is 6.42 Å². The van der Waals surface area contributed by atoms with Crippen LogP contribution in [0.1, 0.15) is 42.2 Å². The monoisotopic (exact) mass is 359 g/mol. The maximum Gasteiger partial charge on any atom is 0.226 e. The third kappa shape index (κ3) is 3.40. The maximum absolute atomic E-state index is 9.26. The molecule has 0 fully saturated rings. The highest BCUT2D eigenvalue weighted by molar-refractivity contribution is 7.10. The summed E-state index contributed by atoms with van der Waals surface area (Å²) < 4.78 is 9.32. The quantitative estimate of drug-likeness (QED) is 0.709. The third-order valence-electron chi connectivity index (χ3n) is 3.38. The summed E-state index contributed by atoms with van der Waals surface area (Å²) in [6.07, 6.45) is 1.65. The standard InChI is InChI=1S/C16H14ClN5OS/c1-2-6-12-19-15(21-23-12)13(10-7-4-3-5-8-10)20-16-11(9-18)14(17)22-24-16/h3-5,7-8,13,20H,2,6H2,1H3. The van der Waals surface area contributed by atoms with Gasteiger partial charge in [-0.15, -0.1) is 0 Å². The molecule has 24 heavy (non-hydrogen) atoms. The third-order valence-corrected chi connectivity index (χ3v) is 4.53. The topological polar surface area (TPSA) is 87.6 Å². The van der Waals surface area contributed by atoms with Gasteiger partial charge in [0.1, 0.15) is 22.7 Å². The van der Waals surface area contributed by atoms with Crippen molar-refractivity contribution >= 4 is 28.1 Å². The summed E-state index contributed by atoms with van der Waals surface area (Å²) in [6.45, 7) is 2.05. The normalized spacial score (nSPS) is 11.9. The molecule has 3 rings (SSSR count). The van der Waals surface area contributed by atoms with Crippen molar-refractivity contribution in [3.05, 3.63) is 58.3 Å². The van der Waals surface area contributed by atoms with E-state index < -0.39 is 0 Å². The Kier molecular flexibility index (Phi) is 5.08. The van der Waals surface area contributed by atoms with Gasteiger partial charge in [0.2, 0.25) is 5.89 Å². The van der Waals surface area contributed by atoms with Crippen LogP contribution in [0.25, 0.3) is 0 Å². The average molecular weight is 360 g/mol. The van der Waals surface area contributed by atoms with Gasteiger partial charge in [0.15, 0.2) is 11.0 Å². The van der Waals surface area contributed by atoms with E-state index in [1.54, 1.807) is 0 Å². The van der Waals surface area contributed by atoms with Crippen LogP contribution in [0.5, 0.6) is 0 Å². The number of hydrogen-bond donors (Lipinski definition) is 1. The number of nitrogens with one attached hydrogen (secondary N) is 1. The fraction of sp³-hybridized carbons (Fsp3) is 0.250. The first kappa shape index (κ1) is 16.4. The molecule has 0 aliphatic carbocycles. The molecule has 1 unspecified atom stereocenters. The number of aryl methyl sites for hydroxylation is 1. The first-order valence-electron chi connectivity index (χ1n) is 7.42. The van der Waals surface area contributed by atoms with Crippen LogP contribution in [0.4, 0.5) is 5.00 Å². The molecule has 0 saturated heterocycles. The van der Waals surface area contributed by atoms with Crippen molar-refractivity contribution in [1.29, 1.82) is 5.26 Å². The second-order valence-electron chi connectivity index (χ2n) is 5.07. The lowest BCUT2D eigenvalue weighted by Gasteiger charge is -2.15. The van der Waals surface area contributed by atoms with Crippen LogP contribution in [0, 0.1) is 11.3 Å². The zero-order chi connectivity index (χ0) is 16.9. The van der Waals surface area contributed by atoms with Gasteiger partial charge in [0.05, 0.1) is 0 Å². The van der Waals surface area contributed by atoms with Gasteiger partial charge in [-0.1, -0.05) is 54.0 Å². The molecule has 2 aromatic heterocycles. The van der Waals surface area contributed by atoms with Gasteiger partial charge in [-0.25, -0.2) is 0 Å². The Labute approximate surface area is 148 Å². The van der Waals surface area contributed by atoms with Crippen LogP contribution >= 0.6 is 23.1 Å². The van der Waals surface area contributed by atoms with Crippen molar-refractivity contribution in [2.45, 2.75) is 25.8 Å². The van der Waals surface area contributed by atoms with Gasteiger partial charge in [-0.2, -0.15) is 14.6 Å². The van der Waals surface area contributed by atoms with E-state index in [1.165, 1.54) is 0 Å². The number of aromatic nitrogens is 3. The van der Waals surface area contributed by atoms with Crippen LogP contribution in [-0.4, -0.2) is 14.5 Å². The van der Waals surface area contributed by atoms with E-state index in [2.05, 4.69) is 32.8 Å². The predicted molar refractivity (Wildman–Crippen MR) is 92.0 cm³/mol. The molecule has 0 spiro atoms. The Morgan fingerprint density at radius 1 is 1.38 bits per heavy atom. The Balaban J connectivity index is 1.97. The fourth-order valence-electron chi connectivity index (χ4n) is 2.24. The van der Waals surface area contributed by atoms with Gasteiger partial charge in [0.25, 0.3) is 0 Å². The molecular formula is C16H14ClN5OS. The van der Waals surface area contributed by atoms with Crippen LogP contribution < -0.4 is 5.32 Å². The van der Waals surface area contributed by atoms with Crippen molar-refractivity contribution in [2.75, 3.05) is 5.32 Å². The van der Waals surface area contributed by atoms with E-state index in [4.69, 9.17) is 16.1 Å². The molecule has 0 saturated carbocycles. The fourth-order valence-corrected chi connectivity index (χ4v) is 3.20. The Morgan fingerprint density at radius 3 is 2.88 bits per heavy atom. The minimum atomic E-state index is -0.357. The lowest BCUT2D eigenvalue weighted by Crippen LogP contribution is -2.14. The molecule has 0 amide bonds. The largest absolute Gasteiger partial charge is 0.361 e. The number of hydrogen-bond acceptors (Lipinski definition) is 7. The predicted octanol–water partition coefficient (Wildman–Crippen LogP) is 4.21. The second kappa shape index (κ2) is 7.43. The van der Waals surface area contributed by atoms with E-state index in [9.17, 15) is 5.26 Å². The highest BCUT2D eigenvalue weighted by Crippen LogP contribution is 2.32. The minimum Gasteiger partial charge on any atom is -0.361 e. The molecule has 1 aromatic carbocycles. The molecule has 122 valence electrons. The van der Waals surface area contributed by atoms with Crippen molar-refractivity contribution in [1.82, 2.24) is 14.5 Å². The number of benzene rings is 1. The van der Waals surface area contributed by atoms with Crippen molar-refractivity contribution in [3.8, 4) is 6.07 Å². The zero-order valence-corrected chi connectivity index (χ0v) is 14.4. The maximum atomic E-state index is 9.26. The van der Waals surface area contributed by atoms with E-state index in [-0.39, 0.29) is 11.2 Å². The molecule has 0 aliphatic rings. The number of rotatable bonds is 6. The van der Waals surface area contributed by atoms with E-state index in [1.807, 2.05) is 30.3 Å². The summed E-state index contributed by atoms with van der Waals surface area (Å²) >= 11 is 7.09. The molecule has 8 heteroatoms. The number of halogens is 1. The van der Waals surface area contributed by atoms with Gasteiger partial charge in [-0.3, -0.25) is 0 Å². The van der Waals surface area contributed by atoms with Gasteiger partial charge in [-0.05, 0) is 23.5 Å². The van der Waals surface area contributed by atoms with E-state index >= 15 is 0 Å². The smallest absolute Gasteiger partial charge is 0.226 e. The SMILES string of the molecule is CCCc1nc(C(Nc2snc(Cl)c2C#N)c2ccccc2)no1. The first-order chi connectivity index (χ1) is 11.7. The molecular weight excluding hydrogens is 346 g/mol. The zero-order valence-electron chi connectivity index (χ0n) is 12.9. The van der Waals surface area contributed by atoms with Crippen molar-refractivity contribution in [3.63, 3.8) is 0 Å². The summed E-state index contributed by atoms with van der Waals surface area (Å²) in [5.41, 5.74) is 1.27. The molecule has 0 bridgehead atoms. The molecule has 0 radical (unpaired) electrons. The lowest BCUT2D eigenvalue weighted by molar-refractivity contribution is 0.371. The molecule has 3 aromatic rings. The van der Waals surface area contributed by atoms with Crippen LogP contribution in [0.2, 0.25) is 5.15 Å². The molecule has 1 N–H and O–H groups in total. The van der Waals surface area contributed by atoms with Gasteiger partial charge >= 0.3 is 0 Å². The highest BCUT2D eigenvalue weighted by Gasteiger charge is 2.23. The Bertz CT molecular complexity index is 855. The number of nitriles is 1. The Morgan fingerprint density at radius 2 is 2.17 bits per heavy atom. The first-order valence-corrected chi connectivity index (χ1v) is 8.57. The second-order valence-corrected chi connectivity index (χ2v) is 6.21. The van der Waals surface area contributed by atoms with E-state index in [0.717, 1.165) is 29.9 Å². The summed E-state index contributed by atoms with van der Waals surface area (Å²) in [4.78, 5) is 4.46. The summed E-state index contributed by atoms with van der Waals surface area (Å²) in [5.74, 6) is 1.11. The van der Waals surface area contributed by atoms with Crippen molar-refractivity contribution in [2.24, 2.45) is 0 Å². The van der Waals surface area contributed by atoms with Crippen molar-refractivity contribution < 1.29 is 4.52 Å². The van der Waals surface area contributed by atoms with E-state index in [0.29, 0.717) is 22.3 Å². The van der Waals surface area contributed by atoms with Gasteiger partial charge < -0.3 is 9.84 Å². The van der Waals surface area contributed by atoms with Crippen LogP contribution in [0.15, 0.2) is 34.9 Å². The summed E-state index contributed by atoms with van der Waals surface area (Å²) in [6, 6.07) is 11.4. The number of anilines is 1. The van der Waals surface area contributed by atoms with Crippen LogP contribution in [0.3, 0.4) is 0 Å².